The summed E-state index contributed by atoms with van der Waals surface area (Å²) in [6, 6.07) is 5.81. The van der Waals surface area contributed by atoms with Gasteiger partial charge in [0.1, 0.15) is 12.4 Å². The topological polar surface area (TPSA) is 59.7 Å². The Kier molecular flexibility index (Phi) is 4.24. The van der Waals surface area contributed by atoms with E-state index in [-0.39, 0.29) is 18.6 Å². The molecule has 2 aromatic rings. The molecule has 1 aliphatic rings. The van der Waals surface area contributed by atoms with E-state index in [0.717, 1.165) is 24.3 Å². The minimum Gasteiger partial charge on any atom is -0.448 e. The molecule has 0 aromatic carbocycles. The number of ether oxygens (including phenoxy) is 1. The lowest BCUT2D eigenvalue weighted by molar-refractivity contribution is 0.0926. The van der Waals surface area contributed by atoms with Gasteiger partial charge in [0.05, 0.1) is 0 Å². The molecular weight excluding hydrogens is 280 g/mol. The molecule has 1 amide bonds. The van der Waals surface area contributed by atoms with Gasteiger partial charge < -0.3 is 9.64 Å². The standard InChI is InChI=1S/C16H18N4O2/c1-2-3-11-22-16(21)19-9-6-7-13(12-19)15-18-17-14-8-4-5-10-20(14)15/h1,4-5,8,10,13H,3,6-7,9,11-12H2/t13-/m1/s1. The zero-order valence-corrected chi connectivity index (χ0v) is 12.3. The van der Waals surface area contributed by atoms with Crippen LogP contribution < -0.4 is 0 Å². The molecule has 0 spiro atoms. The third-order valence-electron chi connectivity index (χ3n) is 3.86. The Hall–Kier alpha value is -2.55. The number of hydrogen-bond donors (Lipinski definition) is 0. The number of amides is 1. The number of likely N-dealkylation sites (tertiary alicyclic amines) is 1. The molecule has 0 radical (unpaired) electrons. The zero-order chi connectivity index (χ0) is 15.4. The first-order chi connectivity index (χ1) is 10.8. The molecule has 0 bridgehead atoms. The molecule has 0 unspecified atom stereocenters. The number of carbonyl (C=O) groups is 1. The third kappa shape index (κ3) is 2.89. The van der Waals surface area contributed by atoms with Crippen LogP contribution in [0.2, 0.25) is 0 Å². The van der Waals surface area contributed by atoms with Gasteiger partial charge in [-0.1, -0.05) is 6.07 Å². The number of nitrogens with zero attached hydrogens (tertiary/aromatic N) is 4. The molecule has 0 aliphatic carbocycles. The third-order valence-corrected chi connectivity index (χ3v) is 3.86. The first-order valence-corrected chi connectivity index (χ1v) is 7.44. The summed E-state index contributed by atoms with van der Waals surface area (Å²) in [5.74, 6) is 3.53. The van der Waals surface area contributed by atoms with Crippen LogP contribution in [0.5, 0.6) is 0 Å². The summed E-state index contributed by atoms with van der Waals surface area (Å²) in [6.07, 6.45) is 9.17. The fourth-order valence-corrected chi connectivity index (χ4v) is 2.78. The average Bonchev–Trinajstić information content (AvgIpc) is 2.99. The van der Waals surface area contributed by atoms with E-state index in [9.17, 15) is 4.79 Å². The summed E-state index contributed by atoms with van der Waals surface area (Å²) in [6.45, 7) is 1.58. The zero-order valence-electron chi connectivity index (χ0n) is 12.3. The lowest BCUT2D eigenvalue weighted by Gasteiger charge is -2.31. The van der Waals surface area contributed by atoms with Crippen molar-refractivity contribution in [2.45, 2.75) is 25.2 Å². The van der Waals surface area contributed by atoms with E-state index in [0.29, 0.717) is 19.5 Å². The molecule has 0 N–H and O–H groups in total. The van der Waals surface area contributed by atoms with E-state index in [1.165, 1.54) is 0 Å². The minimum atomic E-state index is -0.297. The molecule has 0 saturated carbocycles. The summed E-state index contributed by atoms with van der Waals surface area (Å²) < 4.78 is 7.16. The van der Waals surface area contributed by atoms with Crippen LogP contribution in [0.3, 0.4) is 0 Å². The second kappa shape index (κ2) is 6.48. The summed E-state index contributed by atoms with van der Waals surface area (Å²) >= 11 is 0. The van der Waals surface area contributed by atoms with E-state index >= 15 is 0 Å². The Morgan fingerprint density at radius 3 is 3.23 bits per heavy atom. The predicted molar refractivity (Wildman–Crippen MR) is 81.3 cm³/mol. The maximum Gasteiger partial charge on any atom is 0.409 e. The highest BCUT2D eigenvalue weighted by Gasteiger charge is 2.28. The van der Waals surface area contributed by atoms with Gasteiger partial charge in [-0.3, -0.25) is 4.40 Å². The SMILES string of the molecule is C#CCCOC(=O)N1CCC[C@@H](c2nnc3ccccn23)C1. The van der Waals surface area contributed by atoms with E-state index in [4.69, 9.17) is 11.2 Å². The van der Waals surface area contributed by atoms with E-state index in [1.807, 2.05) is 28.8 Å². The summed E-state index contributed by atoms with van der Waals surface area (Å²) in [5.41, 5.74) is 0.825. The van der Waals surface area contributed by atoms with Crippen molar-refractivity contribution < 1.29 is 9.53 Å². The molecule has 2 aromatic heterocycles. The van der Waals surface area contributed by atoms with Crippen molar-refractivity contribution >= 4 is 11.7 Å². The highest BCUT2D eigenvalue weighted by molar-refractivity contribution is 5.67. The Morgan fingerprint density at radius 1 is 1.45 bits per heavy atom. The van der Waals surface area contributed by atoms with Crippen LogP contribution in [0.15, 0.2) is 24.4 Å². The quantitative estimate of drug-likeness (QED) is 0.643. The summed E-state index contributed by atoms with van der Waals surface area (Å²) in [7, 11) is 0. The molecule has 114 valence electrons. The maximum atomic E-state index is 12.0. The van der Waals surface area contributed by atoms with Crippen molar-refractivity contribution in [2.75, 3.05) is 19.7 Å². The van der Waals surface area contributed by atoms with Gasteiger partial charge in [-0.25, -0.2) is 4.79 Å². The Morgan fingerprint density at radius 2 is 2.36 bits per heavy atom. The van der Waals surface area contributed by atoms with E-state index in [1.54, 1.807) is 4.90 Å². The number of fused-ring (bicyclic) bond motifs is 1. The normalized spacial score (nSPS) is 18.1. The molecule has 6 heteroatoms. The van der Waals surface area contributed by atoms with Gasteiger partial charge in [0.25, 0.3) is 0 Å². The van der Waals surface area contributed by atoms with E-state index in [2.05, 4.69) is 16.1 Å². The van der Waals surface area contributed by atoms with Crippen LogP contribution in [0.4, 0.5) is 4.79 Å². The second-order valence-electron chi connectivity index (χ2n) is 5.34. The van der Waals surface area contributed by atoms with Gasteiger partial charge in [-0.15, -0.1) is 22.5 Å². The molecule has 1 atom stereocenters. The number of pyridine rings is 1. The van der Waals surface area contributed by atoms with Crippen molar-refractivity contribution in [3.8, 4) is 12.3 Å². The smallest absolute Gasteiger partial charge is 0.409 e. The van der Waals surface area contributed by atoms with Crippen molar-refractivity contribution in [1.82, 2.24) is 19.5 Å². The molecule has 1 fully saturated rings. The maximum absolute atomic E-state index is 12.0. The van der Waals surface area contributed by atoms with E-state index < -0.39 is 0 Å². The van der Waals surface area contributed by atoms with Crippen molar-refractivity contribution in [1.29, 1.82) is 0 Å². The van der Waals surface area contributed by atoms with Crippen LogP contribution in [0, 0.1) is 12.3 Å². The van der Waals surface area contributed by atoms with Crippen LogP contribution >= 0.6 is 0 Å². The fourth-order valence-electron chi connectivity index (χ4n) is 2.78. The number of hydrogen-bond acceptors (Lipinski definition) is 4. The van der Waals surface area contributed by atoms with Gasteiger partial charge in [0.15, 0.2) is 5.65 Å². The number of piperidine rings is 1. The number of terminal acetylenes is 1. The summed E-state index contributed by atoms with van der Waals surface area (Å²) in [5, 5.41) is 8.48. The lowest BCUT2D eigenvalue weighted by Crippen LogP contribution is -2.40. The Labute approximate surface area is 129 Å². The van der Waals surface area contributed by atoms with Gasteiger partial charge >= 0.3 is 6.09 Å². The molecule has 3 rings (SSSR count). The largest absolute Gasteiger partial charge is 0.448 e. The highest BCUT2D eigenvalue weighted by Crippen LogP contribution is 2.26. The van der Waals surface area contributed by atoms with Gasteiger partial charge in [-0.05, 0) is 25.0 Å². The minimum absolute atomic E-state index is 0.173. The monoisotopic (exact) mass is 298 g/mol. The Bertz CT molecular complexity index is 703. The van der Waals surface area contributed by atoms with Crippen LogP contribution in [-0.2, 0) is 4.74 Å². The van der Waals surface area contributed by atoms with Crippen molar-refractivity contribution in [3.05, 3.63) is 30.2 Å². The highest BCUT2D eigenvalue weighted by atomic mass is 16.6. The second-order valence-corrected chi connectivity index (χ2v) is 5.34. The lowest BCUT2D eigenvalue weighted by atomic mass is 9.97. The van der Waals surface area contributed by atoms with Crippen LogP contribution in [0.25, 0.3) is 5.65 Å². The molecule has 3 heterocycles. The molecule has 22 heavy (non-hydrogen) atoms. The number of carbonyl (C=O) groups excluding carboxylic acids is 1. The molecular formula is C16H18N4O2. The van der Waals surface area contributed by atoms with Crippen molar-refractivity contribution in [2.24, 2.45) is 0 Å². The number of rotatable bonds is 3. The number of aromatic nitrogens is 3. The molecule has 6 nitrogen and oxygen atoms in total. The first kappa shape index (κ1) is 14.4. The summed E-state index contributed by atoms with van der Waals surface area (Å²) in [4.78, 5) is 13.8. The van der Waals surface area contributed by atoms with Gasteiger partial charge in [0.2, 0.25) is 0 Å². The van der Waals surface area contributed by atoms with Crippen molar-refractivity contribution in [3.63, 3.8) is 0 Å². The Balaban J connectivity index is 1.70. The van der Waals surface area contributed by atoms with Gasteiger partial charge in [-0.2, -0.15) is 0 Å². The predicted octanol–water partition coefficient (Wildman–Crippen LogP) is 2.07. The fraction of sp³-hybridized carbons (Fsp3) is 0.438. The van der Waals surface area contributed by atoms with Gasteiger partial charge in [0, 0.05) is 31.6 Å². The molecule has 1 saturated heterocycles. The van der Waals surface area contributed by atoms with Crippen LogP contribution in [-0.4, -0.2) is 45.3 Å². The first-order valence-electron chi connectivity index (χ1n) is 7.44. The molecule has 1 aliphatic heterocycles. The van der Waals surface area contributed by atoms with Crippen LogP contribution in [0.1, 0.15) is 31.0 Å². The average molecular weight is 298 g/mol.